The molecule has 0 spiro atoms. The van der Waals surface area contributed by atoms with E-state index >= 15 is 0 Å². The van der Waals surface area contributed by atoms with Crippen LogP contribution in [0.3, 0.4) is 0 Å². The van der Waals surface area contributed by atoms with Crippen LogP contribution in [-0.2, 0) is 9.53 Å². The van der Waals surface area contributed by atoms with Crippen molar-refractivity contribution in [2.24, 2.45) is 0 Å². The lowest BCUT2D eigenvalue weighted by Gasteiger charge is -2.17. The number of carbonyl (C=O) groups is 2. The minimum atomic E-state index is -1.01. The number of rotatable bonds is 1. The average Bonchev–Trinajstić information content (AvgIpc) is 1.88. The van der Waals surface area contributed by atoms with Crippen LogP contribution in [0.5, 0.6) is 0 Å². The molecule has 2 N–H and O–H groups in total. The van der Waals surface area contributed by atoms with Gasteiger partial charge >= 0.3 is 11.3 Å². The zero-order chi connectivity index (χ0) is 7.56. The smallest absolute Gasteiger partial charge is 0.382 e. The molecule has 1 aliphatic rings. The summed E-state index contributed by atoms with van der Waals surface area (Å²) in [5.74, 6) is -1.01. The van der Waals surface area contributed by atoms with Gasteiger partial charge in [-0.05, 0) is 0 Å². The second kappa shape index (κ2) is 2.89. The van der Waals surface area contributed by atoms with Gasteiger partial charge in [-0.2, -0.15) is 0 Å². The Morgan fingerprint density at radius 1 is 1.90 bits per heavy atom. The van der Waals surface area contributed by atoms with Crippen molar-refractivity contribution < 1.29 is 19.4 Å². The molecule has 1 saturated heterocycles. The number of ether oxygens (including phenoxy) is 1. The van der Waals surface area contributed by atoms with Crippen LogP contribution in [0.2, 0.25) is 0 Å². The summed E-state index contributed by atoms with van der Waals surface area (Å²) < 4.78 is 6.84. The van der Waals surface area contributed by atoms with E-state index in [1.165, 1.54) is 0 Å². The van der Waals surface area contributed by atoms with E-state index in [-0.39, 0.29) is 6.61 Å². The van der Waals surface area contributed by atoms with Crippen molar-refractivity contribution in [3.8, 4) is 0 Å². The molecule has 6 heteroatoms. The van der Waals surface area contributed by atoms with E-state index in [1.54, 1.807) is 0 Å². The summed E-state index contributed by atoms with van der Waals surface area (Å²) in [6.07, 6.45) is 0. The second-order valence-corrected chi connectivity index (χ2v) is 2.44. The molecule has 0 aromatic rings. The van der Waals surface area contributed by atoms with Crippen LogP contribution in [-0.4, -0.2) is 29.0 Å². The Hall–Kier alpha value is -0.750. The molecule has 0 saturated carbocycles. The van der Waals surface area contributed by atoms with Crippen molar-refractivity contribution in [2.45, 2.75) is 6.04 Å². The molecule has 56 valence electrons. The van der Waals surface area contributed by atoms with Crippen LogP contribution in [0.25, 0.3) is 0 Å². The summed E-state index contributed by atoms with van der Waals surface area (Å²) in [6.45, 7) is -0.0961. The van der Waals surface area contributed by atoms with E-state index in [9.17, 15) is 9.59 Å². The number of carboxylic acids is 1. The number of nitrogens with one attached hydrogen (secondary N) is 1. The zero-order valence-electron chi connectivity index (χ0n) is 4.86. The van der Waals surface area contributed by atoms with E-state index in [4.69, 9.17) is 5.11 Å². The second-order valence-electron chi connectivity index (χ2n) is 1.67. The number of cyclic esters (lactones) is 1. The molecule has 0 aromatic carbocycles. The Kier molecular flexibility index (Phi) is 2.13. The molecule has 0 bridgehead atoms. The van der Waals surface area contributed by atoms with Gasteiger partial charge in [-0.25, -0.2) is 9.52 Å². The van der Waals surface area contributed by atoms with Gasteiger partial charge in [0.15, 0.2) is 0 Å². The van der Waals surface area contributed by atoms with Crippen molar-refractivity contribution in [1.82, 2.24) is 4.72 Å². The summed E-state index contributed by atoms with van der Waals surface area (Å²) >= 11 is 0.663. The number of carboxylic acid groups (broad SMARTS) is 1. The predicted molar refractivity (Wildman–Crippen MR) is 33.5 cm³/mol. The third-order valence-electron chi connectivity index (χ3n) is 0.950. The third-order valence-corrected chi connectivity index (χ3v) is 1.64. The molecule has 0 aromatic heterocycles. The molecular formula is C4H5NO4S. The van der Waals surface area contributed by atoms with Gasteiger partial charge in [0.2, 0.25) is 0 Å². The zero-order valence-corrected chi connectivity index (χ0v) is 5.68. The lowest BCUT2D eigenvalue weighted by molar-refractivity contribution is -0.139. The van der Waals surface area contributed by atoms with Gasteiger partial charge in [0.05, 0.1) is 0 Å². The molecule has 1 fully saturated rings. The first-order valence-electron chi connectivity index (χ1n) is 2.52. The highest BCUT2D eigenvalue weighted by atomic mass is 32.2. The maximum absolute atomic E-state index is 10.3. The fourth-order valence-corrected chi connectivity index (χ4v) is 0.990. The number of hydrogen-bond donors (Lipinski definition) is 2. The third kappa shape index (κ3) is 1.61. The first-order valence-corrected chi connectivity index (χ1v) is 3.33. The fourth-order valence-electron chi connectivity index (χ4n) is 0.456. The topological polar surface area (TPSA) is 75.6 Å². The van der Waals surface area contributed by atoms with Crippen molar-refractivity contribution in [3.63, 3.8) is 0 Å². The van der Waals surface area contributed by atoms with Crippen LogP contribution in [0.4, 0.5) is 4.79 Å². The van der Waals surface area contributed by atoms with Gasteiger partial charge < -0.3 is 9.84 Å². The molecule has 5 nitrogen and oxygen atoms in total. The SMILES string of the molecule is O=C1OCC(C(=O)O)NS1. The molecule has 1 rings (SSSR count). The monoisotopic (exact) mass is 163 g/mol. The first kappa shape index (κ1) is 7.36. The molecule has 1 atom stereocenters. The van der Waals surface area contributed by atoms with Crippen LogP contribution < -0.4 is 4.72 Å². The summed E-state index contributed by atoms with van der Waals surface area (Å²) in [4.78, 5) is 20.5. The highest BCUT2D eigenvalue weighted by Gasteiger charge is 2.25. The maximum atomic E-state index is 10.3. The largest absolute Gasteiger partial charge is 0.480 e. The lowest BCUT2D eigenvalue weighted by Crippen LogP contribution is -2.41. The summed E-state index contributed by atoms with van der Waals surface area (Å²) in [7, 11) is 0. The van der Waals surface area contributed by atoms with Crippen molar-refractivity contribution in [1.29, 1.82) is 0 Å². The number of hydrogen-bond acceptors (Lipinski definition) is 5. The van der Waals surface area contributed by atoms with E-state index in [0.717, 1.165) is 0 Å². The van der Waals surface area contributed by atoms with Gasteiger partial charge in [0.1, 0.15) is 12.6 Å². The molecule has 0 radical (unpaired) electrons. The normalized spacial score (nSPS) is 25.6. The van der Waals surface area contributed by atoms with Crippen molar-refractivity contribution in [2.75, 3.05) is 6.61 Å². The van der Waals surface area contributed by atoms with Crippen LogP contribution >= 0.6 is 11.9 Å². The van der Waals surface area contributed by atoms with Gasteiger partial charge in [0.25, 0.3) is 0 Å². The van der Waals surface area contributed by atoms with E-state index in [2.05, 4.69) is 9.46 Å². The standard InChI is InChI=1S/C4H5NO4S/c6-3(7)2-1-9-4(8)10-5-2/h2,5H,1H2,(H,6,7). The molecule has 1 heterocycles. The van der Waals surface area contributed by atoms with Crippen LogP contribution in [0.1, 0.15) is 0 Å². The Bertz CT molecular complexity index is 161. The van der Waals surface area contributed by atoms with Crippen molar-refractivity contribution >= 4 is 23.2 Å². The highest BCUT2D eigenvalue weighted by molar-refractivity contribution is 8.11. The molecule has 10 heavy (non-hydrogen) atoms. The van der Waals surface area contributed by atoms with Crippen molar-refractivity contribution in [3.05, 3.63) is 0 Å². The number of carbonyl (C=O) groups excluding carboxylic acids is 1. The Morgan fingerprint density at radius 2 is 2.60 bits per heavy atom. The fraction of sp³-hybridized carbons (Fsp3) is 0.500. The predicted octanol–water partition coefficient (Wildman–Crippen LogP) is -0.172. The van der Waals surface area contributed by atoms with Gasteiger partial charge in [-0.1, -0.05) is 0 Å². The molecule has 0 amide bonds. The average molecular weight is 163 g/mol. The molecule has 1 unspecified atom stereocenters. The quantitative estimate of drug-likeness (QED) is 0.413. The molecule has 0 aliphatic carbocycles. The van der Waals surface area contributed by atoms with Crippen LogP contribution in [0.15, 0.2) is 0 Å². The summed E-state index contributed by atoms with van der Waals surface area (Å²) in [5, 5.41) is 7.87. The first-order chi connectivity index (χ1) is 4.70. The molecule has 1 aliphatic heterocycles. The molecular weight excluding hydrogens is 158 g/mol. The maximum Gasteiger partial charge on any atom is 0.382 e. The summed E-state index contributed by atoms with van der Waals surface area (Å²) in [5.41, 5.74) is 0. The van der Waals surface area contributed by atoms with Crippen LogP contribution in [0, 0.1) is 0 Å². The van der Waals surface area contributed by atoms with Gasteiger partial charge in [-0.3, -0.25) is 4.79 Å². The van der Waals surface area contributed by atoms with E-state index in [1.807, 2.05) is 0 Å². The minimum Gasteiger partial charge on any atom is -0.480 e. The van der Waals surface area contributed by atoms with E-state index in [0.29, 0.717) is 11.9 Å². The Morgan fingerprint density at radius 3 is 3.00 bits per heavy atom. The minimum absolute atomic E-state index is 0.0961. The summed E-state index contributed by atoms with van der Waals surface area (Å²) in [6, 6.07) is -0.775. The lowest BCUT2D eigenvalue weighted by atomic mass is 10.3. The van der Waals surface area contributed by atoms with E-state index < -0.39 is 17.3 Å². The Balaban J connectivity index is 2.40. The van der Waals surface area contributed by atoms with Gasteiger partial charge in [-0.15, -0.1) is 0 Å². The number of aliphatic carboxylic acids is 1. The van der Waals surface area contributed by atoms with Gasteiger partial charge in [0, 0.05) is 11.9 Å². The highest BCUT2D eigenvalue weighted by Crippen LogP contribution is 2.08. The Labute approximate surface area is 60.9 Å².